The van der Waals surface area contributed by atoms with Gasteiger partial charge in [0.2, 0.25) is 0 Å². The van der Waals surface area contributed by atoms with E-state index in [0.717, 1.165) is 0 Å². The molecule has 0 fully saturated rings. The summed E-state index contributed by atoms with van der Waals surface area (Å²) in [6.45, 7) is 0.0331. The minimum Gasteiger partial charge on any atom is -0.359 e. The maximum Gasteiger partial charge on any atom is 0.432 e. The van der Waals surface area contributed by atoms with Crippen LogP contribution in [0.4, 0.5) is 45.5 Å². The van der Waals surface area contributed by atoms with E-state index in [1.807, 2.05) is 34.9 Å². The highest BCUT2D eigenvalue weighted by Gasteiger charge is 2.57. The Morgan fingerprint density at radius 2 is 0.735 bits per heavy atom. The minimum absolute atomic E-state index is 0.0165. The zero-order valence-electron chi connectivity index (χ0n) is 25.9. The molecule has 0 atom stereocenters. The zero-order valence-corrected chi connectivity index (χ0v) is 28.3. The second kappa shape index (κ2) is 8.98. The molecule has 7 aromatic rings. The maximum absolute atomic E-state index is 2.64. The van der Waals surface area contributed by atoms with Crippen LogP contribution in [0.5, 0.6) is 0 Å². The van der Waals surface area contributed by atoms with Crippen molar-refractivity contribution in [2.75, 3.05) is 19.2 Å². The molecule has 0 N–H and O–H groups in total. The van der Waals surface area contributed by atoms with E-state index >= 15 is 0 Å². The first-order valence-electron chi connectivity index (χ1n) is 16.7. The average Bonchev–Trinajstić information content (AvgIpc) is 3.83. The Balaban J connectivity index is 1.15. The van der Waals surface area contributed by atoms with Crippen LogP contribution in [-0.4, -0.2) is 14.0 Å². The van der Waals surface area contributed by atoms with Crippen molar-refractivity contribution < 1.29 is 0 Å². The van der Waals surface area contributed by atoms with Crippen molar-refractivity contribution in [3.05, 3.63) is 133 Å². The van der Waals surface area contributed by atoms with Crippen LogP contribution in [0.15, 0.2) is 153 Å². The molecular weight excluding hydrogens is 654 g/mol. The lowest BCUT2D eigenvalue weighted by Crippen LogP contribution is -2.55. The van der Waals surface area contributed by atoms with E-state index in [0.29, 0.717) is 0 Å². The van der Waals surface area contributed by atoms with E-state index < -0.39 is 0 Å². The Kier molecular flexibility index (Phi) is 4.76. The topological polar surface area (TPSA) is 13.0 Å². The van der Waals surface area contributed by atoms with Crippen LogP contribution >= 0.6 is 34.9 Å². The largest absolute Gasteiger partial charge is 0.432 e. The fourth-order valence-electron chi connectivity index (χ4n) is 9.17. The summed E-state index contributed by atoms with van der Waals surface area (Å²) >= 11 is 5.82. The van der Waals surface area contributed by atoms with Gasteiger partial charge in [-0.3, -0.25) is 0 Å². The summed E-state index contributed by atoms with van der Waals surface area (Å²) in [5.74, 6) is 0. The summed E-state index contributed by atoms with van der Waals surface area (Å²) in [6.07, 6.45) is 0. The second-order valence-electron chi connectivity index (χ2n) is 13.2. The lowest BCUT2D eigenvalue weighted by atomic mass is 9.60. The Labute approximate surface area is 296 Å². The van der Waals surface area contributed by atoms with Gasteiger partial charge in [0.05, 0.1) is 22.7 Å². The highest BCUT2D eigenvalue weighted by Crippen LogP contribution is 2.63. The van der Waals surface area contributed by atoms with Gasteiger partial charge in [-0.25, -0.2) is 0 Å². The normalized spacial score (nSPS) is 15.8. The summed E-state index contributed by atoms with van der Waals surface area (Å²) in [6, 6.07) is 49.9. The molecular formula is C40H22B2N4S3. The van der Waals surface area contributed by atoms with Gasteiger partial charge in [0.25, 0.3) is 0 Å². The van der Waals surface area contributed by atoms with Gasteiger partial charge >= 0.3 is 14.0 Å². The van der Waals surface area contributed by atoms with Gasteiger partial charge in [-0.05, 0) is 60.7 Å². The van der Waals surface area contributed by atoms with Crippen LogP contribution in [-0.2, 0) is 0 Å². The average molecular weight is 676 g/mol. The van der Waals surface area contributed by atoms with E-state index in [1.165, 1.54) is 96.9 Å². The Bertz CT molecular complexity index is 2480. The minimum atomic E-state index is 0.0165. The summed E-state index contributed by atoms with van der Waals surface area (Å²) in [7, 11) is 0. The molecule has 6 aliphatic heterocycles. The number of anilines is 8. The van der Waals surface area contributed by atoms with E-state index in [-0.39, 0.29) is 14.0 Å². The molecule has 4 nitrogen and oxygen atoms in total. The smallest absolute Gasteiger partial charge is 0.359 e. The third-order valence-electron chi connectivity index (χ3n) is 10.9. The van der Waals surface area contributed by atoms with Gasteiger partial charge in [0, 0.05) is 74.1 Å². The van der Waals surface area contributed by atoms with Crippen molar-refractivity contribution in [3.8, 4) is 22.3 Å². The number of hydrogen-bond donors (Lipinski definition) is 0. The third kappa shape index (κ3) is 3.02. The zero-order chi connectivity index (χ0) is 31.5. The SMILES string of the molecule is c1ccc2c(c1)Sc1cccc3c1N2B1c2sc4c(c2-c2ccccc2N13)-c1ccccc1N1B4N2c3ccccc3Sc3cccc1c32. The summed E-state index contributed by atoms with van der Waals surface area (Å²) in [5.41, 5.74) is 15.8. The second-order valence-corrected chi connectivity index (χ2v) is 16.5. The summed E-state index contributed by atoms with van der Waals surface area (Å²) < 4.78 is 2.83. The fourth-order valence-corrected chi connectivity index (χ4v) is 12.9. The molecule has 9 heteroatoms. The Hall–Kier alpha value is -4.95. The van der Waals surface area contributed by atoms with E-state index in [2.05, 4.69) is 153 Å². The van der Waals surface area contributed by atoms with Crippen molar-refractivity contribution in [2.24, 2.45) is 0 Å². The number of thiophene rings is 1. The first-order valence-corrected chi connectivity index (χ1v) is 19.1. The van der Waals surface area contributed by atoms with E-state index in [4.69, 9.17) is 0 Å². The Morgan fingerprint density at radius 1 is 0.347 bits per heavy atom. The van der Waals surface area contributed by atoms with Crippen LogP contribution in [0, 0.1) is 0 Å². The molecule has 226 valence electrons. The van der Waals surface area contributed by atoms with E-state index in [9.17, 15) is 0 Å². The van der Waals surface area contributed by atoms with Crippen LogP contribution in [0.3, 0.4) is 0 Å². The lowest BCUT2D eigenvalue weighted by molar-refractivity contribution is 1.25. The number of para-hydroxylation sites is 6. The molecule has 0 amide bonds. The van der Waals surface area contributed by atoms with Gasteiger partial charge in [-0.15, -0.1) is 0 Å². The van der Waals surface area contributed by atoms with Gasteiger partial charge in [-0.1, -0.05) is 96.3 Å². The molecule has 49 heavy (non-hydrogen) atoms. The summed E-state index contributed by atoms with van der Waals surface area (Å²) in [5, 5.41) is 0. The standard InChI is InChI=1S/C40H22B2N4S3/c1-3-13-25-23(11-1)35-36-24-12-2-4-14-26(24)44-30-18-10-22-34-38(30)46(28-16-6-8-20-32(28)48-34)42(44)40(36)49-39(35)41-43(25)29-17-9-21-33-37(29)45(41)27-15-5-7-19-31(27)47-33/h1-22H. The van der Waals surface area contributed by atoms with Crippen LogP contribution < -0.4 is 28.8 Å². The number of nitrogens with zero attached hydrogens (tertiary/aromatic N) is 4. The summed E-state index contributed by atoms with van der Waals surface area (Å²) in [4.78, 5) is 15.8. The van der Waals surface area contributed by atoms with Crippen molar-refractivity contribution in [1.29, 1.82) is 0 Å². The molecule has 6 aromatic carbocycles. The van der Waals surface area contributed by atoms with Crippen molar-refractivity contribution in [1.82, 2.24) is 0 Å². The maximum atomic E-state index is 2.64. The molecule has 0 saturated carbocycles. The molecule has 0 aliphatic carbocycles. The predicted octanol–water partition coefficient (Wildman–Crippen LogP) is 10.0. The molecule has 0 bridgehead atoms. The van der Waals surface area contributed by atoms with E-state index in [1.54, 1.807) is 0 Å². The first-order chi connectivity index (χ1) is 24.3. The molecule has 0 spiro atoms. The van der Waals surface area contributed by atoms with Crippen molar-refractivity contribution in [3.63, 3.8) is 0 Å². The van der Waals surface area contributed by atoms with Crippen LogP contribution in [0.1, 0.15) is 0 Å². The molecule has 13 rings (SSSR count). The van der Waals surface area contributed by atoms with Crippen LogP contribution in [0.2, 0.25) is 0 Å². The number of benzene rings is 6. The van der Waals surface area contributed by atoms with Gasteiger partial charge in [0.1, 0.15) is 0 Å². The molecule has 1 aromatic heterocycles. The van der Waals surface area contributed by atoms with Gasteiger partial charge in [0.15, 0.2) is 0 Å². The molecule has 0 saturated heterocycles. The van der Waals surface area contributed by atoms with Gasteiger partial charge in [-0.2, -0.15) is 11.3 Å². The number of hydrogen-bond acceptors (Lipinski definition) is 7. The monoisotopic (exact) mass is 676 g/mol. The van der Waals surface area contributed by atoms with Gasteiger partial charge < -0.3 is 19.2 Å². The first kappa shape index (κ1) is 26.0. The fraction of sp³-hybridized carbons (Fsp3) is 0. The highest BCUT2D eigenvalue weighted by atomic mass is 32.2. The Morgan fingerprint density at radius 3 is 1.22 bits per heavy atom. The highest BCUT2D eigenvalue weighted by molar-refractivity contribution is 8.00. The lowest BCUT2D eigenvalue weighted by Gasteiger charge is -2.37. The molecule has 0 unspecified atom stereocenters. The molecule has 7 heterocycles. The third-order valence-corrected chi connectivity index (χ3v) is 14.4. The molecule has 0 radical (unpaired) electrons. The van der Waals surface area contributed by atoms with Crippen LogP contribution in [0.25, 0.3) is 22.3 Å². The number of rotatable bonds is 0. The molecule has 6 aliphatic rings. The van der Waals surface area contributed by atoms with Crippen molar-refractivity contribution in [2.45, 2.75) is 19.6 Å². The predicted molar refractivity (Wildman–Crippen MR) is 209 cm³/mol. The quantitative estimate of drug-likeness (QED) is 0.147. The number of fused-ring (bicyclic) bond motifs is 21. The van der Waals surface area contributed by atoms with Crippen molar-refractivity contribution >= 4 is 104 Å².